The first kappa shape index (κ1) is 17.4. The topological polar surface area (TPSA) is 77.4 Å². The Hall–Kier alpha value is -1.63. The molecule has 1 aromatic rings. The van der Waals surface area contributed by atoms with Crippen LogP contribution in [0.5, 0.6) is 0 Å². The van der Waals surface area contributed by atoms with Crippen LogP contribution in [0.15, 0.2) is 0 Å². The lowest BCUT2D eigenvalue weighted by Gasteiger charge is -2.24. The highest BCUT2D eigenvalue weighted by Gasteiger charge is 2.15. The molecule has 7 heteroatoms. The van der Waals surface area contributed by atoms with E-state index in [2.05, 4.69) is 45.9 Å². The Morgan fingerprint density at radius 1 is 0.905 bits per heavy atom. The zero-order chi connectivity index (χ0) is 15.7. The van der Waals surface area contributed by atoms with Crippen molar-refractivity contribution in [3.63, 3.8) is 0 Å². The van der Waals surface area contributed by atoms with Crippen molar-refractivity contribution in [3.8, 4) is 0 Å². The van der Waals surface area contributed by atoms with Crippen molar-refractivity contribution in [1.82, 2.24) is 15.0 Å². The minimum atomic E-state index is 0.0861. The molecule has 0 aliphatic rings. The van der Waals surface area contributed by atoms with E-state index in [-0.39, 0.29) is 6.61 Å². The van der Waals surface area contributed by atoms with Crippen molar-refractivity contribution < 1.29 is 5.11 Å². The fourth-order valence-corrected chi connectivity index (χ4v) is 2.08. The van der Waals surface area contributed by atoms with Crippen molar-refractivity contribution in [2.75, 3.05) is 54.4 Å². The van der Waals surface area contributed by atoms with Gasteiger partial charge in [-0.05, 0) is 27.2 Å². The third-order valence-corrected chi connectivity index (χ3v) is 3.14. The summed E-state index contributed by atoms with van der Waals surface area (Å²) in [6, 6.07) is 0. The molecule has 1 heterocycles. The molecule has 2 N–H and O–H groups in total. The van der Waals surface area contributed by atoms with Crippen molar-refractivity contribution in [2.24, 2.45) is 0 Å². The van der Waals surface area contributed by atoms with Gasteiger partial charge in [0.1, 0.15) is 0 Å². The van der Waals surface area contributed by atoms with Gasteiger partial charge >= 0.3 is 0 Å². The molecule has 1 aromatic heterocycles. The van der Waals surface area contributed by atoms with Gasteiger partial charge in [-0.1, -0.05) is 6.92 Å². The Morgan fingerprint density at radius 3 is 2.00 bits per heavy atom. The summed E-state index contributed by atoms with van der Waals surface area (Å²) in [5.41, 5.74) is 0. The molecular weight excluding hydrogens is 268 g/mol. The number of nitrogens with zero attached hydrogens (tertiary/aromatic N) is 5. The van der Waals surface area contributed by atoms with Gasteiger partial charge in [-0.3, -0.25) is 0 Å². The maximum absolute atomic E-state index is 9.23. The highest BCUT2D eigenvalue weighted by Crippen LogP contribution is 2.16. The molecule has 0 aliphatic heterocycles. The van der Waals surface area contributed by atoms with Gasteiger partial charge in [0.2, 0.25) is 17.8 Å². The quantitative estimate of drug-likeness (QED) is 0.675. The molecule has 1 rings (SSSR count). The monoisotopic (exact) mass is 296 g/mol. The van der Waals surface area contributed by atoms with Crippen LogP contribution in [0.3, 0.4) is 0 Å². The van der Waals surface area contributed by atoms with Crippen molar-refractivity contribution >= 4 is 17.8 Å². The van der Waals surface area contributed by atoms with Crippen molar-refractivity contribution in [3.05, 3.63) is 0 Å². The molecule has 0 fully saturated rings. The van der Waals surface area contributed by atoms with Crippen molar-refractivity contribution in [1.29, 1.82) is 0 Å². The SMILES string of the molecule is CCCN(CCO)c1nc(NCC)nc(N(CC)CC)n1. The fourth-order valence-electron chi connectivity index (χ4n) is 2.08. The van der Waals surface area contributed by atoms with Crippen LogP contribution in [0, 0.1) is 0 Å². The molecule has 0 saturated carbocycles. The Kier molecular flexibility index (Phi) is 7.74. The van der Waals surface area contributed by atoms with Gasteiger partial charge in [0.05, 0.1) is 6.61 Å². The Labute approximate surface area is 127 Å². The van der Waals surface area contributed by atoms with E-state index in [1.165, 1.54) is 0 Å². The van der Waals surface area contributed by atoms with E-state index in [0.717, 1.165) is 32.6 Å². The number of hydrogen-bond acceptors (Lipinski definition) is 7. The predicted molar refractivity (Wildman–Crippen MR) is 87.1 cm³/mol. The first-order chi connectivity index (χ1) is 10.2. The zero-order valence-electron chi connectivity index (χ0n) is 13.6. The third-order valence-electron chi connectivity index (χ3n) is 3.14. The maximum Gasteiger partial charge on any atom is 0.232 e. The molecule has 0 radical (unpaired) electrons. The number of hydrogen-bond donors (Lipinski definition) is 2. The number of aliphatic hydroxyl groups excluding tert-OH is 1. The summed E-state index contributed by atoms with van der Waals surface area (Å²) >= 11 is 0. The molecule has 0 spiro atoms. The summed E-state index contributed by atoms with van der Waals surface area (Å²) < 4.78 is 0. The molecule has 0 amide bonds. The molecule has 21 heavy (non-hydrogen) atoms. The van der Waals surface area contributed by atoms with E-state index in [1.807, 2.05) is 11.8 Å². The number of nitrogens with one attached hydrogen (secondary N) is 1. The van der Waals surface area contributed by atoms with E-state index >= 15 is 0 Å². The zero-order valence-corrected chi connectivity index (χ0v) is 13.6. The molecule has 120 valence electrons. The predicted octanol–water partition coefficient (Wildman–Crippen LogP) is 1.36. The van der Waals surface area contributed by atoms with Crippen LogP contribution >= 0.6 is 0 Å². The minimum absolute atomic E-state index is 0.0861. The lowest BCUT2D eigenvalue weighted by Crippen LogP contribution is -2.31. The van der Waals surface area contributed by atoms with E-state index < -0.39 is 0 Å². The molecular formula is C14H28N6O. The normalized spacial score (nSPS) is 10.5. The first-order valence-corrected chi connectivity index (χ1v) is 7.80. The van der Waals surface area contributed by atoms with Crippen LogP contribution in [0.1, 0.15) is 34.1 Å². The lowest BCUT2D eigenvalue weighted by molar-refractivity contribution is 0.301. The highest BCUT2D eigenvalue weighted by atomic mass is 16.3. The average Bonchev–Trinajstić information content (AvgIpc) is 2.48. The number of rotatable bonds is 10. The van der Waals surface area contributed by atoms with Crippen molar-refractivity contribution in [2.45, 2.75) is 34.1 Å². The second-order valence-corrected chi connectivity index (χ2v) is 4.67. The van der Waals surface area contributed by atoms with Gasteiger partial charge in [0.15, 0.2) is 0 Å². The van der Waals surface area contributed by atoms with Crippen LogP contribution in [0.2, 0.25) is 0 Å². The summed E-state index contributed by atoms with van der Waals surface area (Å²) in [5, 5.41) is 12.4. The smallest absolute Gasteiger partial charge is 0.232 e. The van der Waals surface area contributed by atoms with E-state index in [4.69, 9.17) is 0 Å². The number of aromatic nitrogens is 3. The summed E-state index contributed by atoms with van der Waals surface area (Å²) in [4.78, 5) is 17.6. The van der Waals surface area contributed by atoms with E-state index in [9.17, 15) is 5.11 Å². The molecule has 0 atom stereocenters. The summed E-state index contributed by atoms with van der Waals surface area (Å²) in [6.45, 7) is 12.2. The second-order valence-electron chi connectivity index (χ2n) is 4.67. The Balaban J connectivity index is 3.15. The van der Waals surface area contributed by atoms with Crippen LogP contribution in [-0.2, 0) is 0 Å². The van der Waals surface area contributed by atoms with E-state index in [0.29, 0.717) is 24.4 Å². The largest absolute Gasteiger partial charge is 0.395 e. The maximum atomic E-state index is 9.23. The molecule has 0 unspecified atom stereocenters. The van der Waals surface area contributed by atoms with Gasteiger partial charge in [-0.25, -0.2) is 0 Å². The first-order valence-electron chi connectivity index (χ1n) is 7.80. The summed E-state index contributed by atoms with van der Waals surface area (Å²) in [7, 11) is 0. The number of aliphatic hydroxyl groups is 1. The summed E-state index contributed by atoms with van der Waals surface area (Å²) in [6.07, 6.45) is 0.975. The van der Waals surface area contributed by atoms with Gasteiger partial charge in [0, 0.05) is 32.7 Å². The Morgan fingerprint density at radius 2 is 1.52 bits per heavy atom. The molecule has 0 aliphatic carbocycles. The molecule has 0 saturated heterocycles. The summed E-state index contributed by atoms with van der Waals surface area (Å²) in [5.74, 6) is 1.89. The van der Waals surface area contributed by atoms with Gasteiger partial charge < -0.3 is 20.2 Å². The van der Waals surface area contributed by atoms with E-state index in [1.54, 1.807) is 0 Å². The fraction of sp³-hybridized carbons (Fsp3) is 0.786. The molecule has 0 bridgehead atoms. The standard InChI is InChI=1S/C14H28N6O/c1-5-9-20(10-11-21)14-17-12(15-6-2)16-13(18-14)19(7-3)8-4/h21H,5-11H2,1-4H3,(H,15,16,17,18). The molecule has 0 aromatic carbocycles. The number of anilines is 3. The lowest BCUT2D eigenvalue weighted by atomic mass is 10.4. The average molecular weight is 296 g/mol. The van der Waals surface area contributed by atoms with Gasteiger partial charge in [0.25, 0.3) is 0 Å². The van der Waals surface area contributed by atoms with Crippen LogP contribution in [0.25, 0.3) is 0 Å². The van der Waals surface area contributed by atoms with Crippen LogP contribution in [0.4, 0.5) is 17.8 Å². The van der Waals surface area contributed by atoms with Crippen LogP contribution < -0.4 is 15.1 Å². The van der Waals surface area contributed by atoms with Gasteiger partial charge in [-0.15, -0.1) is 0 Å². The second kappa shape index (κ2) is 9.33. The Bertz CT molecular complexity index is 404. The third kappa shape index (κ3) is 5.00. The van der Waals surface area contributed by atoms with Crippen LogP contribution in [-0.4, -0.2) is 59.4 Å². The molecule has 7 nitrogen and oxygen atoms in total. The minimum Gasteiger partial charge on any atom is -0.395 e. The van der Waals surface area contributed by atoms with Gasteiger partial charge in [-0.2, -0.15) is 15.0 Å². The highest BCUT2D eigenvalue weighted by molar-refractivity contribution is 5.45.